The van der Waals surface area contributed by atoms with Crippen LogP contribution in [0.25, 0.3) is 0 Å². The Morgan fingerprint density at radius 2 is 1.69 bits per heavy atom. The number of sulfonamides is 2. The van der Waals surface area contributed by atoms with Crippen molar-refractivity contribution in [3.63, 3.8) is 0 Å². The van der Waals surface area contributed by atoms with Gasteiger partial charge in [0.15, 0.2) is 0 Å². The van der Waals surface area contributed by atoms with Gasteiger partial charge in [-0.3, -0.25) is 0 Å². The maximum absolute atomic E-state index is 11.3. The van der Waals surface area contributed by atoms with Crippen LogP contribution < -0.4 is 4.72 Å². The maximum Gasteiger partial charge on any atom is 0.214 e. The maximum atomic E-state index is 11.3. The second-order valence-corrected chi connectivity index (χ2v) is 7.96. The number of nitrogens with one attached hydrogen (secondary N) is 1. The minimum absolute atomic E-state index is 0.0848. The topological polar surface area (TPSA) is 83.6 Å². The molecule has 0 aromatic rings. The van der Waals surface area contributed by atoms with Gasteiger partial charge in [0.1, 0.15) is 0 Å². The van der Waals surface area contributed by atoms with E-state index in [1.54, 1.807) is 0 Å². The van der Waals surface area contributed by atoms with E-state index in [1.807, 2.05) is 0 Å². The van der Waals surface area contributed by atoms with Gasteiger partial charge in [-0.15, -0.1) is 11.6 Å². The summed E-state index contributed by atoms with van der Waals surface area (Å²) in [4.78, 5) is 0. The van der Waals surface area contributed by atoms with Crippen LogP contribution in [0, 0.1) is 0 Å². The van der Waals surface area contributed by atoms with Gasteiger partial charge in [0.2, 0.25) is 20.0 Å². The summed E-state index contributed by atoms with van der Waals surface area (Å²) in [6, 6.07) is 0. The third-order valence-corrected chi connectivity index (χ3v) is 5.36. The Morgan fingerprint density at radius 1 is 1.12 bits per heavy atom. The van der Waals surface area contributed by atoms with Gasteiger partial charge >= 0.3 is 0 Å². The lowest BCUT2D eigenvalue weighted by molar-refractivity contribution is 0.519. The number of hydrogen-bond acceptors (Lipinski definition) is 4. The van der Waals surface area contributed by atoms with Gasteiger partial charge in [-0.2, -0.15) is 0 Å². The van der Waals surface area contributed by atoms with E-state index >= 15 is 0 Å². The lowest BCUT2D eigenvalue weighted by Gasteiger charge is -2.11. The SMILES string of the molecule is CN(C)S(=O)(=O)CCNS(=O)(=O)CCCCl. The van der Waals surface area contributed by atoms with Crippen molar-refractivity contribution in [2.45, 2.75) is 6.42 Å². The number of nitrogens with zero attached hydrogens (tertiary/aromatic N) is 1. The van der Waals surface area contributed by atoms with E-state index in [4.69, 9.17) is 11.6 Å². The first-order valence-corrected chi connectivity index (χ1v) is 8.44. The molecule has 0 saturated heterocycles. The number of halogens is 1. The summed E-state index contributed by atoms with van der Waals surface area (Å²) in [5.74, 6) is -0.0739. The van der Waals surface area contributed by atoms with Crippen molar-refractivity contribution >= 4 is 31.6 Å². The molecule has 0 amide bonds. The van der Waals surface area contributed by atoms with Crippen LogP contribution in [-0.2, 0) is 20.0 Å². The van der Waals surface area contributed by atoms with Crippen LogP contribution in [0.4, 0.5) is 0 Å². The molecule has 0 spiro atoms. The minimum atomic E-state index is -3.41. The third kappa shape index (κ3) is 6.64. The zero-order valence-corrected chi connectivity index (χ0v) is 11.7. The number of alkyl halides is 1. The van der Waals surface area contributed by atoms with Crippen LogP contribution in [0.2, 0.25) is 0 Å². The van der Waals surface area contributed by atoms with E-state index in [-0.39, 0.29) is 23.9 Å². The van der Waals surface area contributed by atoms with E-state index in [2.05, 4.69) is 4.72 Å². The Labute approximate surface area is 102 Å². The fourth-order valence-corrected chi connectivity index (χ4v) is 3.05. The van der Waals surface area contributed by atoms with Crippen LogP contribution in [0.3, 0.4) is 0 Å². The predicted octanol–water partition coefficient (Wildman–Crippen LogP) is -0.574. The average molecular weight is 293 g/mol. The van der Waals surface area contributed by atoms with Crippen LogP contribution >= 0.6 is 11.6 Å². The largest absolute Gasteiger partial charge is 0.214 e. The summed E-state index contributed by atoms with van der Waals surface area (Å²) in [5, 5.41) is 0. The molecule has 0 fully saturated rings. The van der Waals surface area contributed by atoms with Crippen LogP contribution in [-0.4, -0.2) is 59.2 Å². The van der Waals surface area contributed by atoms with Crippen molar-refractivity contribution in [2.75, 3.05) is 38.0 Å². The molecule has 9 heteroatoms. The summed E-state index contributed by atoms with van der Waals surface area (Å²) in [5.41, 5.74) is 0. The summed E-state index contributed by atoms with van der Waals surface area (Å²) in [7, 11) is -3.97. The number of rotatable bonds is 8. The molecule has 0 atom stereocenters. The molecule has 0 aliphatic rings. The van der Waals surface area contributed by atoms with Gasteiger partial charge in [-0.1, -0.05) is 0 Å². The van der Waals surface area contributed by atoms with Crippen molar-refractivity contribution in [1.82, 2.24) is 9.03 Å². The van der Waals surface area contributed by atoms with Gasteiger partial charge in [0.05, 0.1) is 11.5 Å². The fourth-order valence-electron chi connectivity index (χ4n) is 0.825. The molecule has 0 rings (SSSR count). The quantitative estimate of drug-likeness (QED) is 0.607. The molecule has 0 aromatic heterocycles. The minimum Gasteiger partial charge on any atom is -0.214 e. The van der Waals surface area contributed by atoms with Gasteiger partial charge in [0, 0.05) is 26.5 Å². The third-order valence-electron chi connectivity index (χ3n) is 1.79. The number of hydrogen-bond donors (Lipinski definition) is 1. The molecule has 0 bridgehead atoms. The van der Waals surface area contributed by atoms with E-state index < -0.39 is 20.0 Å². The molecule has 0 aromatic carbocycles. The summed E-state index contributed by atoms with van der Waals surface area (Å²) < 4.78 is 48.4. The molecule has 0 saturated carbocycles. The summed E-state index contributed by atoms with van der Waals surface area (Å²) >= 11 is 5.36. The van der Waals surface area contributed by atoms with Gasteiger partial charge in [-0.25, -0.2) is 25.9 Å². The highest BCUT2D eigenvalue weighted by Gasteiger charge is 2.15. The van der Waals surface area contributed by atoms with Crippen LogP contribution in [0.5, 0.6) is 0 Å². The highest BCUT2D eigenvalue weighted by molar-refractivity contribution is 7.90. The van der Waals surface area contributed by atoms with Gasteiger partial charge in [-0.05, 0) is 6.42 Å². The molecule has 0 aliphatic heterocycles. The molecule has 0 radical (unpaired) electrons. The lowest BCUT2D eigenvalue weighted by Crippen LogP contribution is -2.35. The molecule has 16 heavy (non-hydrogen) atoms. The van der Waals surface area contributed by atoms with Crippen LogP contribution in [0.1, 0.15) is 6.42 Å². The van der Waals surface area contributed by atoms with Crippen molar-refractivity contribution < 1.29 is 16.8 Å². The Bertz CT molecular complexity index is 391. The summed E-state index contributed by atoms with van der Waals surface area (Å²) in [6.45, 7) is -0.120. The first-order valence-electron chi connectivity index (χ1n) is 4.65. The van der Waals surface area contributed by atoms with Crippen molar-refractivity contribution in [3.8, 4) is 0 Å². The Hall–Kier alpha value is 0.110. The predicted molar refractivity (Wildman–Crippen MR) is 64.6 cm³/mol. The van der Waals surface area contributed by atoms with Crippen molar-refractivity contribution in [2.24, 2.45) is 0 Å². The standard InChI is InChI=1S/C7H17ClN2O4S2/c1-10(2)16(13,14)7-5-9-15(11,12)6-3-4-8/h9H,3-7H2,1-2H3. The Morgan fingerprint density at radius 3 is 2.12 bits per heavy atom. The average Bonchev–Trinajstić information content (AvgIpc) is 2.14. The smallest absolute Gasteiger partial charge is 0.214 e. The van der Waals surface area contributed by atoms with Gasteiger partial charge < -0.3 is 0 Å². The zero-order valence-electron chi connectivity index (χ0n) is 9.31. The molecule has 0 heterocycles. The van der Waals surface area contributed by atoms with E-state index in [9.17, 15) is 16.8 Å². The monoisotopic (exact) mass is 292 g/mol. The molecule has 0 unspecified atom stereocenters. The van der Waals surface area contributed by atoms with E-state index in [0.717, 1.165) is 4.31 Å². The highest BCUT2D eigenvalue weighted by atomic mass is 35.5. The second kappa shape index (κ2) is 6.75. The van der Waals surface area contributed by atoms with Crippen LogP contribution in [0.15, 0.2) is 0 Å². The molecular weight excluding hydrogens is 276 g/mol. The lowest BCUT2D eigenvalue weighted by atomic mass is 10.6. The fraction of sp³-hybridized carbons (Fsp3) is 1.00. The molecule has 6 nitrogen and oxygen atoms in total. The summed E-state index contributed by atoms with van der Waals surface area (Å²) in [6.07, 6.45) is 0.345. The Kier molecular flexibility index (Phi) is 6.80. The van der Waals surface area contributed by atoms with Crippen molar-refractivity contribution in [1.29, 1.82) is 0 Å². The van der Waals surface area contributed by atoms with Gasteiger partial charge in [0.25, 0.3) is 0 Å². The first kappa shape index (κ1) is 16.1. The highest BCUT2D eigenvalue weighted by Crippen LogP contribution is 1.95. The first-order chi connectivity index (χ1) is 7.21. The molecule has 98 valence electrons. The van der Waals surface area contributed by atoms with E-state index in [1.165, 1.54) is 14.1 Å². The van der Waals surface area contributed by atoms with Crippen molar-refractivity contribution in [3.05, 3.63) is 0 Å². The molecular formula is C7H17ClN2O4S2. The van der Waals surface area contributed by atoms with E-state index in [0.29, 0.717) is 6.42 Å². The zero-order chi connectivity index (χ0) is 12.8. The second-order valence-electron chi connectivity index (χ2n) is 3.35. The molecule has 1 N–H and O–H groups in total. The molecule has 0 aliphatic carbocycles. The Balaban J connectivity index is 4.09. The normalized spacial score (nSPS) is 13.2.